The van der Waals surface area contributed by atoms with Gasteiger partial charge in [0.2, 0.25) is 0 Å². The summed E-state index contributed by atoms with van der Waals surface area (Å²) in [5.74, 6) is -0.126. The smallest absolute Gasteiger partial charge is 0.287 e. The molecule has 1 aromatic heterocycles. The molecule has 1 aliphatic heterocycles. The van der Waals surface area contributed by atoms with E-state index in [4.69, 9.17) is 20.8 Å². The van der Waals surface area contributed by atoms with Crippen molar-refractivity contribution in [2.75, 3.05) is 19.8 Å². The van der Waals surface area contributed by atoms with Crippen molar-refractivity contribution in [3.8, 4) is 0 Å². The number of furan rings is 1. The Balaban J connectivity index is 1.55. The summed E-state index contributed by atoms with van der Waals surface area (Å²) in [5.41, 5.74) is 0. The highest BCUT2D eigenvalue weighted by atomic mass is 35.5. The zero-order valence-electron chi connectivity index (χ0n) is 12.2. The van der Waals surface area contributed by atoms with E-state index in [9.17, 15) is 9.90 Å². The van der Waals surface area contributed by atoms with Gasteiger partial charge in [-0.25, -0.2) is 0 Å². The maximum absolute atomic E-state index is 12.1. The van der Waals surface area contributed by atoms with E-state index in [1.807, 2.05) is 12.1 Å². The highest BCUT2D eigenvalue weighted by Crippen LogP contribution is 2.30. The first-order valence-electron chi connectivity index (χ1n) is 7.19. The van der Waals surface area contributed by atoms with Crippen LogP contribution in [-0.4, -0.2) is 36.9 Å². The zero-order chi connectivity index (χ0) is 16.2. The largest absolute Gasteiger partial charge is 0.444 e. The number of amides is 1. The molecule has 0 bridgehead atoms. The minimum atomic E-state index is -0.525. The Labute approximate surface area is 143 Å². The van der Waals surface area contributed by atoms with Crippen LogP contribution in [0.15, 0.2) is 50.8 Å². The predicted octanol–water partition coefficient (Wildman–Crippen LogP) is 2.82. The molecule has 7 heteroatoms. The minimum Gasteiger partial charge on any atom is -0.444 e. The lowest BCUT2D eigenvalue weighted by atomic mass is 10.1. The van der Waals surface area contributed by atoms with Crippen LogP contribution in [0.3, 0.4) is 0 Å². The molecule has 2 aromatic rings. The quantitative estimate of drug-likeness (QED) is 0.864. The van der Waals surface area contributed by atoms with Crippen molar-refractivity contribution in [3.05, 3.63) is 47.2 Å². The lowest BCUT2D eigenvalue weighted by Crippen LogP contribution is -2.34. The van der Waals surface area contributed by atoms with E-state index in [0.717, 1.165) is 4.90 Å². The van der Waals surface area contributed by atoms with Gasteiger partial charge in [-0.15, -0.1) is 0 Å². The number of hydrogen-bond donors (Lipinski definition) is 2. The molecule has 0 unspecified atom stereocenters. The fourth-order valence-electron chi connectivity index (χ4n) is 2.21. The summed E-state index contributed by atoms with van der Waals surface area (Å²) in [6, 6.07) is 10.8. The highest BCUT2D eigenvalue weighted by Gasteiger charge is 2.26. The average molecular weight is 354 g/mol. The van der Waals surface area contributed by atoms with E-state index < -0.39 is 6.10 Å². The van der Waals surface area contributed by atoms with Crippen LogP contribution >= 0.6 is 23.4 Å². The van der Waals surface area contributed by atoms with E-state index in [1.54, 1.807) is 24.3 Å². The van der Waals surface area contributed by atoms with Crippen molar-refractivity contribution >= 4 is 29.3 Å². The second-order valence-electron chi connectivity index (χ2n) is 5.25. The second-order valence-corrected chi connectivity index (χ2v) is 6.76. The first kappa shape index (κ1) is 16.4. The van der Waals surface area contributed by atoms with Crippen molar-refractivity contribution in [2.24, 2.45) is 5.92 Å². The standard InChI is InChI=1S/C16H16ClNO4S/c17-11-1-3-12(4-2-11)23-15-6-5-14(22-15)16(20)18-7-10-8-21-9-13(10)19/h1-6,10,13,19H,7-9H2,(H,18,20)/t10-,13+/m0/s1. The van der Waals surface area contributed by atoms with Crippen molar-refractivity contribution in [1.29, 1.82) is 0 Å². The first-order chi connectivity index (χ1) is 11.1. The van der Waals surface area contributed by atoms with Crippen molar-refractivity contribution in [2.45, 2.75) is 16.1 Å². The van der Waals surface area contributed by atoms with E-state index in [2.05, 4.69) is 5.32 Å². The number of hydrogen-bond acceptors (Lipinski definition) is 5. The summed E-state index contributed by atoms with van der Waals surface area (Å²) in [6.07, 6.45) is -0.525. The molecule has 0 saturated carbocycles. The number of benzene rings is 1. The minimum absolute atomic E-state index is 0.0724. The molecule has 1 fully saturated rings. The number of rotatable bonds is 5. The van der Waals surface area contributed by atoms with Crippen LogP contribution < -0.4 is 5.32 Å². The van der Waals surface area contributed by atoms with Crippen molar-refractivity contribution < 1.29 is 19.1 Å². The van der Waals surface area contributed by atoms with Crippen LogP contribution in [0.2, 0.25) is 5.02 Å². The molecule has 0 aliphatic carbocycles. The normalized spacial score (nSPS) is 20.6. The molecule has 122 valence electrons. The van der Waals surface area contributed by atoms with Crippen LogP contribution in [0.5, 0.6) is 0 Å². The Hall–Kier alpha value is -1.47. The summed E-state index contributed by atoms with van der Waals surface area (Å²) >= 11 is 7.26. The maximum Gasteiger partial charge on any atom is 0.287 e. The lowest BCUT2D eigenvalue weighted by Gasteiger charge is -2.12. The van der Waals surface area contributed by atoms with Gasteiger partial charge in [0.25, 0.3) is 5.91 Å². The van der Waals surface area contributed by atoms with Gasteiger partial charge in [-0.1, -0.05) is 23.4 Å². The number of aliphatic hydroxyl groups is 1. The molecule has 1 aromatic carbocycles. The van der Waals surface area contributed by atoms with Gasteiger partial charge >= 0.3 is 0 Å². The molecule has 1 amide bonds. The summed E-state index contributed by atoms with van der Waals surface area (Å²) < 4.78 is 10.7. The van der Waals surface area contributed by atoms with E-state index in [0.29, 0.717) is 29.9 Å². The summed E-state index contributed by atoms with van der Waals surface area (Å²) in [6.45, 7) is 1.14. The number of halogens is 1. The number of carbonyl (C=O) groups is 1. The van der Waals surface area contributed by atoms with Gasteiger partial charge in [0, 0.05) is 22.4 Å². The first-order valence-corrected chi connectivity index (χ1v) is 8.38. The molecule has 1 aliphatic rings. The molecule has 2 atom stereocenters. The third-order valence-corrected chi connectivity index (χ3v) is 4.71. The van der Waals surface area contributed by atoms with Crippen molar-refractivity contribution in [3.63, 3.8) is 0 Å². The molecular formula is C16H16ClNO4S. The van der Waals surface area contributed by atoms with E-state index in [1.165, 1.54) is 11.8 Å². The molecule has 3 rings (SSSR count). The van der Waals surface area contributed by atoms with Gasteiger partial charge in [0.05, 0.1) is 19.3 Å². The van der Waals surface area contributed by atoms with Gasteiger partial charge < -0.3 is 19.6 Å². The third-order valence-electron chi connectivity index (χ3n) is 3.53. The molecule has 2 heterocycles. The van der Waals surface area contributed by atoms with Crippen LogP contribution in [-0.2, 0) is 4.74 Å². The second kappa shape index (κ2) is 7.40. The molecule has 2 N–H and O–H groups in total. The third kappa shape index (κ3) is 4.29. The van der Waals surface area contributed by atoms with Crippen LogP contribution in [0.25, 0.3) is 0 Å². The molecular weight excluding hydrogens is 338 g/mol. The fourth-order valence-corrected chi connectivity index (χ4v) is 3.11. The Morgan fingerprint density at radius 1 is 1.26 bits per heavy atom. The highest BCUT2D eigenvalue weighted by molar-refractivity contribution is 7.99. The van der Waals surface area contributed by atoms with Gasteiger partial charge in [0.15, 0.2) is 10.9 Å². The summed E-state index contributed by atoms with van der Waals surface area (Å²) in [5, 5.41) is 13.7. The lowest BCUT2D eigenvalue weighted by molar-refractivity contribution is 0.0893. The zero-order valence-corrected chi connectivity index (χ0v) is 13.8. The SMILES string of the molecule is O=C(NC[C@H]1COC[C@H]1O)c1ccc(Sc2ccc(Cl)cc2)o1. The number of aliphatic hydroxyl groups excluding tert-OH is 1. The van der Waals surface area contributed by atoms with Crippen LogP contribution in [0.1, 0.15) is 10.6 Å². The van der Waals surface area contributed by atoms with Crippen molar-refractivity contribution in [1.82, 2.24) is 5.32 Å². The monoisotopic (exact) mass is 353 g/mol. The van der Waals surface area contributed by atoms with Gasteiger partial charge in [-0.05, 0) is 36.4 Å². The summed E-state index contributed by atoms with van der Waals surface area (Å²) in [4.78, 5) is 13.0. The van der Waals surface area contributed by atoms with Gasteiger partial charge in [-0.2, -0.15) is 0 Å². The van der Waals surface area contributed by atoms with E-state index >= 15 is 0 Å². The topological polar surface area (TPSA) is 71.7 Å². The Morgan fingerprint density at radius 2 is 2.04 bits per heavy atom. The molecule has 23 heavy (non-hydrogen) atoms. The average Bonchev–Trinajstić information content (AvgIpc) is 3.16. The Kier molecular flexibility index (Phi) is 5.27. The number of ether oxygens (including phenoxy) is 1. The number of nitrogens with one attached hydrogen (secondary N) is 1. The Bertz CT molecular complexity index is 673. The maximum atomic E-state index is 12.1. The van der Waals surface area contributed by atoms with Crippen LogP contribution in [0.4, 0.5) is 0 Å². The summed E-state index contributed by atoms with van der Waals surface area (Å²) in [7, 11) is 0. The van der Waals surface area contributed by atoms with Gasteiger partial charge in [0.1, 0.15) is 0 Å². The van der Waals surface area contributed by atoms with Crippen LogP contribution in [0, 0.1) is 5.92 Å². The predicted molar refractivity (Wildman–Crippen MR) is 86.9 cm³/mol. The molecule has 0 spiro atoms. The number of carbonyl (C=O) groups excluding carboxylic acids is 1. The fraction of sp³-hybridized carbons (Fsp3) is 0.312. The van der Waals surface area contributed by atoms with E-state index in [-0.39, 0.29) is 17.6 Å². The molecule has 5 nitrogen and oxygen atoms in total. The Morgan fingerprint density at radius 3 is 2.74 bits per heavy atom. The molecule has 0 radical (unpaired) electrons. The molecule has 1 saturated heterocycles. The van der Waals surface area contributed by atoms with Gasteiger partial charge in [-0.3, -0.25) is 4.79 Å².